The molecule has 7 aromatic rings. The molecule has 0 aliphatic heterocycles. The summed E-state index contributed by atoms with van der Waals surface area (Å²) in [7, 11) is 0. The number of fused-ring (bicyclic) bond motifs is 8. The van der Waals surface area contributed by atoms with E-state index in [0.29, 0.717) is 0 Å². The Morgan fingerprint density at radius 1 is 0.324 bits per heavy atom. The number of hydrogen-bond donors (Lipinski definition) is 0. The van der Waals surface area contributed by atoms with E-state index in [4.69, 9.17) is 0 Å². The molecule has 0 amide bonds. The molecule has 7 rings (SSSR count). The minimum atomic E-state index is 1.06. The molecule has 0 fully saturated rings. The Hall–Kier alpha value is -4.42. The molecular weight excluding hydrogens is 408 g/mol. The maximum absolute atomic E-state index is 4.61. The maximum atomic E-state index is 4.61. The van der Waals surface area contributed by atoms with E-state index in [1.54, 1.807) is 0 Å². The standard InChI is InChI=1S/C34H22/c1-22(25-12-6-14-29-27-10-4-2-8-23(27)16-18-31(25)29)26-13-7-15-30-32(26)20-21-33-28-11-5-3-9-24(28)17-19-34(30)33/h2-21H,1H2. The molecule has 0 spiro atoms. The fourth-order valence-corrected chi connectivity index (χ4v) is 5.57. The summed E-state index contributed by atoms with van der Waals surface area (Å²) in [6, 6.07) is 43.9. The van der Waals surface area contributed by atoms with E-state index in [1.165, 1.54) is 65.0 Å². The van der Waals surface area contributed by atoms with Gasteiger partial charge in [0.05, 0.1) is 0 Å². The van der Waals surface area contributed by atoms with Crippen LogP contribution in [0.3, 0.4) is 0 Å². The Morgan fingerprint density at radius 2 is 0.706 bits per heavy atom. The molecule has 0 N–H and O–H groups in total. The Balaban J connectivity index is 1.48. The molecule has 0 bridgehead atoms. The minimum absolute atomic E-state index is 1.06. The Bertz CT molecular complexity index is 1920. The van der Waals surface area contributed by atoms with Crippen LogP contribution in [0.2, 0.25) is 0 Å². The third-order valence-corrected chi connectivity index (χ3v) is 7.22. The number of rotatable bonds is 2. The topological polar surface area (TPSA) is 0 Å². The van der Waals surface area contributed by atoms with Crippen LogP contribution in [0.4, 0.5) is 0 Å². The third-order valence-electron chi connectivity index (χ3n) is 7.22. The fraction of sp³-hybridized carbons (Fsp3) is 0. The van der Waals surface area contributed by atoms with Crippen molar-refractivity contribution in [1.82, 2.24) is 0 Å². The fourth-order valence-electron chi connectivity index (χ4n) is 5.57. The predicted octanol–water partition coefficient (Wildman–Crippen LogP) is 9.51. The van der Waals surface area contributed by atoms with Gasteiger partial charge in [0.15, 0.2) is 0 Å². The van der Waals surface area contributed by atoms with E-state index in [9.17, 15) is 0 Å². The summed E-state index contributed by atoms with van der Waals surface area (Å²) in [5, 5.41) is 12.7. The average Bonchev–Trinajstić information content (AvgIpc) is 2.91. The van der Waals surface area contributed by atoms with Crippen LogP contribution in [0.15, 0.2) is 128 Å². The van der Waals surface area contributed by atoms with Gasteiger partial charge in [0.1, 0.15) is 0 Å². The van der Waals surface area contributed by atoms with Crippen LogP contribution in [0.5, 0.6) is 0 Å². The van der Waals surface area contributed by atoms with E-state index in [2.05, 4.69) is 128 Å². The highest BCUT2D eigenvalue weighted by Crippen LogP contribution is 2.38. The summed E-state index contributed by atoms with van der Waals surface area (Å²) in [6.07, 6.45) is 0. The zero-order valence-electron chi connectivity index (χ0n) is 18.8. The third kappa shape index (κ3) is 2.72. The zero-order chi connectivity index (χ0) is 22.6. The lowest BCUT2D eigenvalue weighted by Gasteiger charge is -2.15. The normalized spacial score (nSPS) is 11.6. The van der Waals surface area contributed by atoms with Gasteiger partial charge in [-0.1, -0.05) is 128 Å². The Kier molecular flexibility index (Phi) is 4.10. The van der Waals surface area contributed by atoms with Crippen molar-refractivity contribution in [2.45, 2.75) is 0 Å². The molecule has 0 atom stereocenters. The van der Waals surface area contributed by atoms with Gasteiger partial charge in [0.25, 0.3) is 0 Å². The summed E-state index contributed by atoms with van der Waals surface area (Å²) >= 11 is 0. The van der Waals surface area contributed by atoms with Crippen LogP contribution < -0.4 is 0 Å². The van der Waals surface area contributed by atoms with Gasteiger partial charge < -0.3 is 0 Å². The highest BCUT2D eigenvalue weighted by molar-refractivity contribution is 6.19. The van der Waals surface area contributed by atoms with Crippen LogP contribution in [-0.4, -0.2) is 0 Å². The van der Waals surface area contributed by atoms with Gasteiger partial charge >= 0.3 is 0 Å². The van der Waals surface area contributed by atoms with Crippen molar-refractivity contribution >= 4 is 59.4 Å². The van der Waals surface area contributed by atoms with Gasteiger partial charge in [-0.2, -0.15) is 0 Å². The molecule has 0 heteroatoms. The summed E-state index contributed by atoms with van der Waals surface area (Å²) in [5.41, 5.74) is 3.44. The molecule has 7 aromatic carbocycles. The maximum Gasteiger partial charge on any atom is -0.00987 e. The molecule has 0 nitrogen and oxygen atoms in total. The van der Waals surface area contributed by atoms with Gasteiger partial charge in [0, 0.05) is 0 Å². The number of hydrogen-bond acceptors (Lipinski definition) is 0. The lowest BCUT2D eigenvalue weighted by atomic mass is 9.88. The second-order valence-electron chi connectivity index (χ2n) is 9.01. The van der Waals surface area contributed by atoms with E-state index >= 15 is 0 Å². The van der Waals surface area contributed by atoms with Crippen molar-refractivity contribution in [2.24, 2.45) is 0 Å². The average molecular weight is 431 g/mol. The monoisotopic (exact) mass is 430 g/mol. The quantitative estimate of drug-likeness (QED) is 0.240. The summed E-state index contributed by atoms with van der Waals surface area (Å²) in [4.78, 5) is 0. The van der Waals surface area contributed by atoms with Crippen LogP contribution in [0.1, 0.15) is 11.1 Å². The Labute approximate surface area is 198 Å². The van der Waals surface area contributed by atoms with E-state index in [0.717, 1.165) is 5.57 Å². The summed E-state index contributed by atoms with van der Waals surface area (Å²) in [5.74, 6) is 0. The molecule has 0 saturated carbocycles. The van der Waals surface area contributed by atoms with Gasteiger partial charge in [-0.3, -0.25) is 0 Å². The van der Waals surface area contributed by atoms with Crippen LogP contribution in [0, 0.1) is 0 Å². The highest BCUT2D eigenvalue weighted by Gasteiger charge is 2.13. The van der Waals surface area contributed by atoms with Gasteiger partial charge in [-0.25, -0.2) is 0 Å². The second-order valence-corrected chi connectivity index (χ2v) is 9.01. The highest BCUT2D eigenvalue weighted by atomic mass is 14.2. The first-order valence-corrected chi connectivity index (χ1v) is 11.7. The van der Waals surface area contributed by atoms with Crippen molar-refractivity contribution in [3.8, 4) is 0 Å². The molecule has 0 heterocycles. The van der Waals surface area contributed by atoms with Crippen molar-refractivity contribution in [3.05, 3.63) is 139 Å². The molecule has 0 aliphatic carbocycles. The lowest BCUT2D eigenvalue weighted by molar-refractivity contribution is 1.64. The second kappa shape index (κ2) is 7.30. The number of benzene rings is 7. The van der Waals surface area contributed by atoms with Gasteiger partial charge in [-0.15, -0.1) is 0 Å². The minimum Gasteiger partial charge on any atom is -0.0905 e. The first-order chi connectivity index (χ1) is 16.8. The largest absolute Gasteiger partial charge is 0.0905 e. The zero-order valence-corrected chi connectivity index (χ0v) is 18.8. The molecule has 0 radical (unpaired) electrons. The molecule has 0 aliphatic rings. The summed E-state index contributed by atoms with van der Waals surface area (Å²) < 4.78 is 0. The van der Waals surface area contributed by atoms with E-state index in [1.807, 2.05) is 0 Å². The molecule has 34 heavy (non-hydrogen) atoms. The van der Waals surface area contributed by atoms with Crippen molar-refractivity contribution in [1.29, 1.82) is 0 Å². The Morgan fingerprint density at radius 3 is 1.32 bits per heavy atom. The molecule has 158 valence electrons. The lowest BCUT2D eigenvalue weighted by Crippen LogP contribution is -1.91. The van der Waals surface area contributed by atoms with Crippen LogP contribution in [0.25, 0.3) is 59.4 Å². The smallest absolute Gasteiger partial charge is 0.00987 e. The molecule has 0 saturated heterocycles. The van der Waals surface area contributed by atoms with Gasteiger partial charge in [-0.05, 0) is 70.6 Å². The van der Waals surface area contributed by atoms with Crippen LogP contribution >= 0.6 is 0 Å². The van der Waals surface area contributed by atoms with Crippen molar-refractivity contribution in [2.75, 3.05) is 0 Å². The SMILES string of the molecule is C=C(c1cccc2c1ccc1ccccc12)c1cccc2c1ccc1c3ccccc3ccc21. The first-order valence-electron chi connectivity index (χ1n) is 11.7. The summed E-state index contributed by atoms with van der Waals surface area (Å²) in [6.45, 7) is 4.61. The van der Waals surface area contributed by atoms with Crippen molar-refractivity contribution in [3.63, 3.8) is 0 Å². The first kappa shape index (κ1) is 19.1. The van der Waals surface area contributed by atoms with E-state index < -0.39 is 0 Å². The van der Waals surface area contributed by atoms with Gasteiger partial charge in [0.2, 0.25) is 0 Å². The molecule has 0 unspecified atom stereocenters. The van der Waals surface area contributed by atoms with E-state index in [-0.39, 0.29) is 0 Å². The van der Waals surface area contributed by atoms with Crippen LogP contribution in [-0.2, 0) is 0 Å². The predicted molar refractivity (Wildman–Crippen MR) is 149 cm³/mol. The molecule has 0 aromatic heterocycles. The van der Waals surface area contributed by atoms with Crippen molar-refractivity contribution < 1.29 is 0 Å². The molecular formula is C34H22.